The number of ether oxygens (including phenoxy) is 2. The molecule has 5 heterocycles. The van der Waals surface area contributed by atoms with E-state index in [1.54, 1.807) is 12.1 Å². The van der Waals surface area contributed by atoms with E-state index in [-0.39, 0.29) is 28.8 Å². The van der Waals surface area contributed by atoms with E-state index in [0.717, 1.165) is 49.8 Å². The summed E-state index contributed by atoms with van der Waals surface area (Å²) in [6.07, 6.45) is 2.91. The summed E-state index contributed by atoms with van der Waals surface area (Å²) < 4.78 is 44.0. The van der Waals surface area contributed by atoms with Gasteiger partial charge in [-0.15, -0.1) is 0 Å². The van der Waals surface area contributed by atoms with Gasteiger partial charge in [0.1, 0.15) is 34.8 Å². The number of carboxylic acid groups (broad SMARTS) is 1. The van der Waals surface area contributed by atoms with Crippen LogP contribution in [0.1, 0.15) is 69.9 Å². The number of rotatable bonds is 7. The number of halogens is 2. The van der Waals surface area contributed by atoms with Gasteiger partial charge in [0, 0.05) is 12.2 Å². The normalized spacial score (nSPS) is 20.3. The Hall–Kier alpha value is -4.66. The molecule has 2 saturated heterocycles. The van der Waals surface area contributed by atoms with Crippen molar-refractivity contribution in [3.05, 3.63) is 94.2 Å². The summed E-state index contributed by atoms with van der Waals surface area (Å²) in [4.78, 5) is 23.1. The first-order valence-corrected chi connectivity index (χ1v) is 14.7. The zero-order valence-electron chi connectivity index (χ0n) is 23.7. The number of likely N-dealkylation sites (tertiary alicyclic amines) is 1. The maximum atomic E-state index is 15.3. The lowest BCUT2D eigenvalue weighted by Crippen LogP contribution is -2.35. The Morgan fingerprint density at radius 2 is 1.89 bits per heavy atom. The monoisotopic (exact) mass is 597 g/mol. The maximum absolute atomic E-state index is 15.3. The second kappa shape index (κ2) is 11.4. The van der Waals surface area contributed by atoms with Crippen LogP contribution in [0.5, 0.6) is 5.75 Å². The van der Waals surface area contributed by atoms with Crippen molar-refractivity contribution in [1.29, 1.82) is 5.26 Å². The Morgan fingerprint density at radius 1 is 1.07 bits per heavy atom. The third-order valence-corrected chi connectivity index (χ3v) is 8.74. The first-order valence-electron chi connectivity index (χ1n) is 14.7. The van der Waals surface area contributed by atoms with E-state index in [1.165, 1.54) is 24.3 Å². The van der Waals surface area contributed by atoms with Gasteiger partial charge < -0.3 is 19.1 Å². The molecule has 224 valence electrons. The Morgan fingerprint density at radius 3 is 2.59 bits per heavy atom. The molecule has 2 atom stereocenters. The number of nitriles is 1. The fraction of sp³-hybridized carbons (Fsp3) is 0.333. The average Bonchev–Trinajstić information content (AvgIpc) is 3.34. The van der Waals surface area contributed by atoms with Crippen LogP contribution in [0, 0.1) is 17.1 Å². The predicted molar refractivity (Wildman–Crippen MR) is 156 cm³/mol. The van der Waals surface area contributed by atoms with Gasteiger partial charge in [0.05, 0.1) is 36.4 Å². The van der Waals surface area contributed by atoms with E-state index in [2.05, 4.69) is 9.88 Å². The lowest BCUT2D eigenvalue weighted by atomic mass is 9.86. The minimum absolute atomic E-state index is 0.0237. The van der Waals surface area contributed by atoms with Crippen molar-refractivity contribution < 1.29 is 28.2 Å². The van der Waals surface area contributed by atoms with Gasteiger partial charge in [-0.05, 0) is 80.2 Å². The highest BCUT2D eigenvalue weighted by Crippen LogP contribution is 2.45. The summed E-state index contributed by atoms with van der Waals surface area (Å²) in [6, 6.07) is 14.6. The van der Waals surface area contributed by atoms with Gasteiger partial charge >= 0.3 is 5.97 Å². The van der Waals surface area contributed by atoms with Gasteiger partial charge in [-0.2, -0.15) is 5.26 Å². The molecule has 44 heavy (non-hydrogen) atoms. The number of benzene rings is 2. The molecule has 11 heteroatoms. The Kier molecular flexibility index (Phi) is 7.32. The third kappa shape index (κ3) is 5.20. The standard InChI is InChI=1S/C33H29F2N5O4/c34-25-14-19(16-36)4-5-23(25)29-15-26(35)24-3-1-2-22(31(24)44-29)20-8-11-39(12-9-20)18-30-37-27-6-7-28(33(41)42)38-32(27)40(30)17-21-10-13-43-21/h1-7,14-15,20-21,29H,8-13,17-18H2,(H,41,42). The predicted octanol–water partition coefficient (Wildman–Crippen LogP) is 5.75. The van der Waals surface area contributed by atoms with Crippen LogP contribution in [0.15, 0.2) is 54.6 Å². The summed E-state index contributed by atoms with van der Waals surface area (Å²) in [5.74, 6) is -0.810. The van der Waals surface area contributed by atoms with Crippen molar-refractivity contribution >= 4 is 23.0 Å². The van der Waals surface area contributed by atoms with Crippen molar-refractivity contribution in [2.75, 3.05) is 19.7 Å². The van der Waals surface area contributed by atoms with Gasteiger partial charge in [0.15, 0.2) is 11.3 Å². The number of aromatic nitrogens is 3. The van der Waals surface area contributed by atoms with Crippen LogP contribution in [-0.4, -0.2) is 56.3 Å². The highest BCUT2D eigenvalue weighted by Gasteiger charge is 2.31. The van der Waals surface area contributed by atoms with Gasteiger partial charge in [-0.25, -0.2) is 23.5 Å². The Bertz CT molecular complexity index is 1840. The van der Waals surface area contributed by atoms with Crippen LogP contribution < -0.4 is 4.74 Å². The molecule has 2 unspecified atom stereocenters. The quantitative estimate of drug-likeness (QED) is 0.287. The molecule has 0 amide bonds. The lowest BCUT2D eigenvalue weighted by Gasteiger charge is -2.34. The number of hydrogen-bond acceptors (Lipinski definition) is 7. The van der Waals surface area contributed by atoms with Crippen LogP contribution >= 0.6 is 0 Å². The molecule has 4 aromatic rings. The molecular weight excluding hydrogens is 568 g/mol. The highest BCUT2D eigenvalue weighted by molar-refractivity contribution is 5.88. The number of carboxylic acids is 1. The van der Waals surface area contributed by atoms with Crippen molar-refractivity contribution in [3.8, 4) is 11.8 Å². The molecule has 0 saturated carbocycles. The molecule has 0 bridgehead atoms. The van der Waals surface area contributed by atoms with E-state index in [4.69, 9.17) is 19.7 Å². The van der Waals surface area contributed by atoms with Gasteiger partial charge in [-0.1, -0.05) is 18.2 Å². The molecular formula is C33H29F2N5O4. The summed E-state index contributed by atoms with van der Waals surface area (Å²) in [7, 11) is 0. The molecule has 2 fully saturated rings. The summed E-state index contributed by atoms with van der Waals surface area (Å²) in [6.45, 7) is 3.36. The highest BCUT2D eigenvalue weighted by atomic mass is 19.1. The van der Waals surface area contributed by atoms with Crippen LogP contribution in [-0.2, 0) is 17.8 Å². The minimum atomic E-state index is -1.08. The van der Waals surface area contributed by atoms with Crippen LogP contribution in [0.3, 0.4) is 0 Å². The zero-order valence-corrected chi connectivity index (χ0v) is 23.7. The molecule has 7 rings (SSSR count). The second-order valence-electron chi connectivity index (χ2n) is 11.4. The molecule has 2 aromatic carbocycles. The van der Waals surface area contributed by atoms with Crippen LogP contribution in [0.4, 0.5) is 8.78 Å². The van der Waals surface area contributed by atoms with Gasteiger partial charge in [0.25, 0.3) is 0 Å². The van der Waals surface area contributed by atoms with E-state index in [0.29, 0.717) is 42.2 Å². The van der Waals surface area contributed by atoms with Gasteiger partial charge in [0.2, 0.25) is 0 Å². The number of fused-ring (bicyclic) bond motifs is 2. The average molecular weight is 598 g/mol. The number of aromatic carboxylic acids is 1. The summed E-state index contributed by atoms with van der Waals surface area (Å²) >= 11 is 0. The Balaban J connectivity index is 1.09. The maximum Gasteiger partial charge on any atom is 0.354 e. The topological polar surface area (TPSA) is 114 Å². The number of pyridine rings is 1. The van der Waals surface area contributed by atoms with E-state index in [9.17, 15) is 14.3 Å². The Labute approximate surface area is 252 Å². The minimum Gasteiger partial charge on any atom is -0.480 e. The third-order valence-electron chi connectivity index (χ3n) is 8.74. The number of imidazole rings is 1. The lowest BCUT2D eigenvalue weighted by molar-refractivity contribution is -0.0593. The first kappa shape index (κ1) is 28.1. The fourth-order valence-electron chi connectivity index (χ4n) is 6.27. The zero-order chi connectivity index (χ0) is 30.4. The molecule has 9 nitrogen and oxygen atoms in total. The molecule has 1 N–H and O–H groups in total. The molecule has 0 spiro atoms. The SMILES string of the molecule is N#Cc1ccc(C2C=C(F)c3cccc(C4CCN(Cc5nc6ccc(C(=O)O)nc6n5CC5CCO5)CC4)c3O2)c(F)c1. The number of carbonyl (C=O) groups is 1. The summed E-state index contributed by atoms with van der Waals surface area (Å²) in [5.41, 5.74) is 2.78. The summed E-state index contributed by atoms with van der Waals surface area (Å²) in [5, 5.41) is 18.6. The largest absolute Gasteiger partial charge is 0.480 e. The smallest absolute Gasteiger partial charge is 0.354 e. The second-order valence-corrected chi connectivity index (χ2v) is 11.4. The molecule has 3 aliphatic rings. The number of para-hydroxylation sites is 1. The van der Waals surface area contributed by atoms with Crippen LogP contribution in [0.25, 0.3) is 17.0 Å². The molecule has 2 aromatic heterocycles. The molecule has 3 aliphatic heterocycles. The van der Waals surface area contributed by atoms with Crippen molar-refractivity contribution in [1.82, 2.24) is 19.4 Å². The fourth-order valence-corrected chi connectivity index (χ4v) is 6.27. The molecule has 0 aliphatic carbocycles. The van der Waals surface area contributed by atoms with Crippen LogP contribution in [0.2, 0.25) is 0 Å². The van der Waals surface area contributed by atoms with Crippen molar-refractivity contribution in [2.45, 2.75) is 50.5 Å². The van der Waals surface area contributed by atoms with Crippen molar-refractivity contribution in [2.24, 2.45) is 0 Å². The number of hydrogen-bond donors (Lipinski definition) is 1. The number of piperidine rings is 1. The molecule has 0 radical (unpaired) electrons. The van der Waals surface area contributed by atoms with Gasteiger partial charge in [-0.3, -0.25) is 4.90 Å². The van der Waals surface area contributed by atoms with Crippen molar-refractivity contribution in [3.63, 3.8) is 0 Å². The van der Waals surface area contributed by atoms with E-state index in [1.807, 2.05) is 22.8 Å². The van der Waals surface area contributed by atoms with E-state index >= 15 is 4.39 Å². The van der Waals surface area contributed by atoms with E-state index < -0.39 is 23.7 Å². The number of nitrogens with zero attached hydrogens (tertiary/aromatic N) is 5. The first-order chi connectivity index (χ1) is 21.4.